The lowest BCUT2D eigenvalue weighted by Crippen LogP contribution is -2.23. The Hall–Kier alpha value is -2.24. The second kappa shape index (κ2) is 6.63. The predicted molar refractivity (Wildman–Crippen MR) is 77.1 cm³/mol. The predicted octanol–water partition coefficient (Wildman–Crippen LogP) is 3.12. The largest absolute Gasteiger partial charge is 0.341 e. The molecule has 0 atom stereocenters. The summed E-state index contributed by atoms with van der Waals surface area (Å²) >= 11 is 5.93. The molecule has 0 fully saturated rings. The van der Waals surface area contributed by atoms with Crippen LogP contribution in [0.5, 0.6) is 0 Å². The average Bonchev–Trinajstić information content (AvgIpc) is 2.45. The van der Waals surface area contributed by atoms with Crippen LogP contribution >= 0.6 is 11.6 Å². The lowest BCUT2D eigenvalue weighted by Gasteiger charge is -2.02. The van der Waals surface area contributed by atoms with Crippen LogP contribution in [0, 0.1) is 11.8 Å². The van der Waals surface area contributed by atoms with Gasteiger partial charge in [-0.2, -0.15) is 0 Å². The third kappa shape index (κ3) is 3.87. The maximum absolute atomic E-state index is 11.8. The highest BCUT2D eigenvalue weighted by Crippen LogP contribution is 2.14. The number of halogens is 1. The standard InChI is InChI=1S/C16H12ClNO/c17-15-11-5-4-10-14(15)16(19)18-12-6-9-13-7-2-1-3-8-13/h1-5,7-8,10-11H,12H2,(H,18,19). The van der Waals surface area contributed by atoms with E-state index < -0.39 is 0 Å². The molecule has 2 aromatic rings. The third-order valence-corrected chi connectivity index (χ3v) is 2.79. The number of nitrogens with one attached hydrogen (secondary N) is 1. The van der Waals surface area contributed by atoms with Crippen LogP contribution in [0.4, 0.5) is 0 Å². The zero-order valence-electron chi connectivity index (χ0n) is 10.2. The summed E-state index contributed by atoms with van der Waals surface area (Å²) in [6.07, 6.45) is 0. The van der Waals surface area contributed by atoms with Gasteiger partial charge in [0, 0.05) is 5.56 Å². The van der Waals surface area contributed by atoms with Gasteiger partial charge in [0.2, 0.25) is 0 Å². The van der Waals surface area contributed by atoms with Gasteiger partial charge in [0.25, 0.3) is 5.91 Å². The first-order valence-corrected chi connectivity index (χ1v) is 6.22. The minimum absolute atomic E-state index is 0.215. The lowest BCUT2D eigenvalue weighted by atomic mass is 10.2. The van der Waals surface area contributed by atoms with E-state index in [0.717, 1.165) is 5.56 Å². The quantitative estimate of drug-likeness (QED) is 0.834. The molecule has 3 heteroatoms. The van der Waals surface area contributed by atoms with Gasteiger partial charge < -0.3 is 5.32 Å². The minimum Gasteiger partial charge on any atom is -0.341 e. The number of hydrogen-bond acceptors (Lipinski definition) is 1. The molecular formula is C16H12ClNO. The number of amides is 1. The summed E-state index contributed by atoms with van der Waals surface area (Å²) in [7, 11) is 0. The van der Waals surface area contributed by atoms with E-state index in [1.54, 1.807) is 24.3 Å². The monoisotopic (exact) mass is 269 g/mol. The van der Waals surface area contributed by atoms with Crippen molar-refractivity contribution < 1.29 is 4.79 Å². The molecule has 0 saturated heterocycles. The Bertz CT molecular complexity index is 626. The van der Waals surface area contributed by atoms with Crippen molar-refractivity contribution in [3.8, 4) is 11.8 Å². The summed E-state index contributed by atoms with van der Waals surface area (Å²) in [4.78, 5) is 11.8. The molecule has 0 aliphatic heterocycles. The van der Waals surface area contributed by atoms with Gasteiger partial charge in [-0.3, -0.25) is 4.79 Å². The van der Waals surface area contributed by atoms with Crippen LogP contribution in [0.15, 0.2) is 54.6 Å². The fraction of sp³-hybridized carbons (Fsp3) is 0.0625. The molecule has 0 unspecified atom stereocenters. The molecule has 94 valence electrons. The molecule has 0 heterocycles. The second-order valence-electron chi connectivity index (χ2n) is 3.83. The van der Waals surface area contributed by atoms with Gasteiger partial charge in [0.1, 0.15) is 0 Å². The molecule has 2 nitrogen and oxygen atoms in total. The van der Waals surface area contributed by atoms with E-state index in [-0.39, 0.29) is 5.91 Å². The molecule has 2 aromatic carbocycles. The zero-order chi connectivity index (χ0) is 13.5. The van der Waals surface area contributed by atoms with Gasteiger partial charge in [-0.05, 0) is 24.3 Å². The van der Waals surface area contributed by atoms with E-state index in [1.165, 1.54) is 0 Å². The van der Waals surface area contributed by atoms with Crippen molar-refractivity contribution in [3.63, 3.8) is 0 Å². The van der Waals surface area contributed by atoms with Crippen molar-refractivity contribution in [3.05, 3.63) is 70.7 Å². The maximum atomic E-state index is 11.8. The van der Waals surface area contributed by atoms with Crippen molar-refractivity contribution in [2.45, 2.75) is 0 Å². The van der Waals surface area contributed by atoms with Crippen LogP contribution in [0.1, 0.15) is 15.9 Å². The number of hydrogen-bond donors (Lipinski definition) is 1. The van der Waals surface area contributed by atoms with Crippen molar-refractivity contribution in [2.24, 2.45) is 0 Å². The summed E-state index contributed by atoms with van der Waals surface area (Å²) in [6.45, 7) is 0.291. The van der Waals surface area contributed by atoms with Gasteiger partial charge in [-0.15, -0.1) is 0 Å². The molecule has 0 saturated carbocycles. The fourth-order valence-corrected chi connectivity index (χ4v) is 1.75. The highest BCUT2D eigenvalue weighted by atomic mass is 35.5. The Labute approximate surface area is 117 Å². The zero-order valence-corrected chi connectivity index (χ0v) is 10.9. The van der Waals surface area contributed by atoms with Crippen molar-refractivity contribution in [2.75, 3.05) is 6.54 Å². The van der Waals surface area contributed by atoms with E-state index in [0.29, 0.717) is 17.1 Å². The first kappa shape index (κ1) is 13.2. The second-order valence-corrected chi connectivity index (χ2v) is 4.24. The van der Waals surface area contributed by atoms with Crippen LogP contribution in [0.2, 0.25) is 5.02 Å². The minimum atomic E-state index is -0.215. The summed E-state index contributed by atoms with van der Waals surface area (Å²) in [5.41, 5.74) is 1.39. The Morgan fingerprint density at radius 1 is 1.05 bits per heavy atom. The highest BCUT2D eigenvalue weighted by molar-refractivity contribution is 6.33. The summed E-state index contributed by atoms with van der Waals surface area (Å²) in [5, 5.41) is 3.15. The molecule has 19 heavy (non-hydrogen) atoms. The summed E-state index contributed by atoms with van der Waals surface area (Å²) in [5.74, 6) is 5.65. The highest BCUT2D eigenvalue weighted by Gasteiger charge is 2.07. The van der Waals surface area contributed by atoms with E-state index in [2.05, 4.69) is 17.2 Å². The smallest absolute Gasteiger partial charge is 0.253 e. The average molecular weight is 270 g/mol. The lowest BCUT2D eigenvalue weighted by molar-refractivity contribution is 0.0959. The van der Waals surface area contributed by atoms with Crippen molar-refractivity contribution in [1.29, 1.82) is 0 Å². The summed E-state index contributed by atoms with van der Waals surface area (Å²) in [6, 6.07) is 16.5. The molecule has 1 N–H and O–H groups in total. The molecule has 1 amide bonds. The van der Waals surface area contributed by atoms with E-state index in [1.807, 2.05) is 30.3 Å². The number of benzene rings is 2. The molecule has 0 aromatic heterocycles. The molecule has 0 radical (unpaired) electrons. The van der Waals surface area contributed by atoms with E-state index in [9.17, 15) is 4.79 Å². The molecular weight excluding hydrogens is 258 g/mol. The van der Waals surface area contributed by atoms with Gasteiger partial charge in [-0.1, -0.05) is 53.8 Å². The normalized spacial score (nSPS) is 9.32. The first-order valence-electron chi connectivity index (χ1n) is 5.84. The van der Waals surface area contributed by atoms with Crippen molar-refractivity contribution >= 4 is 17.5 Å². The van der Waals surface area contributed by atoms with Crippen molar-refractivity contribution in [1.82, 2.24) is 5.32 Å². The SMILES string of the molecule is O=C(NCC#Cc1ccccc1)c1ccccc1Cl. The van der Waals surface area contributed by atoms with Crippen LogP contribution in [-0.2, 0) is 0 Å². The molecule has 0 aliphatic rings. The Balaban J connectivity index is 1.92. The van der Waals surface area contributed by atoms with Crippen LogP contribution in [-0.4, -0.2) is 12.5 Å². The fourth-order valence-electron chi connectivity index (χ4n) is 1.53. The van der Waals surface area contributed by atoms with Gasteiger partial charge in [-0.25, -0.2) is 0 Å². The molecule has 0 aliphatic carbocycles. The Morgan fingerprint density at radius 2 is 1.74 bits per heavy atom. The molecule has 0 bridgehead atoms. The number of rotatable bonds is 2. The van der Waals surface area contributed by atoms with E-state index in [4.69, 9.17) is 11.6 Å². The topological polar surface area (TPSA) is 29.1 Å². The Kier molecular flexibility index (Phi) is 4.60. The molecule has 0 spiro atoms. The van der Waals surface area contributed by atoms with Crippen LogP contribution in [0.25, 0.3) is 0 Å². The van der Waals surface area contributed by atoms with Gasteiger partial charge in [0.05, 0.1) is 17.1 Å². The maximum Gasteiger partial charge on any atom is 0.253 e. The van der Waals surface area contributed by atoms with Crippen LogP contribution in [0.3, 0.4) is 0 Å². The van der Waals surface area contributed by atoms with E-state index >= 15 is 0 Å². The Morgan fingerprint density at radius 3 is 2.47 bits per heavy atom. The number of carbonyl (C=O) groups excluding carboxylic acids is 1. The van der Waals surface area contributed by atoms with Gasteiger partial charge >= 0.3 is 0 Å². The molecule has 2 rings (SSSR count). The van der Waals surface area contributed by atoms with Crippen LogP contribution < -0.4 is 5.32 Å². The number of carbonyl (C=O) groups is 1. The first-order chi connectivity index (χ1) is 9.27. The third-order valence-electron chi connectivity index (χ3n) is 2.46. The summed E-state index contributed by atoms with van der Waals surface area (Å²) < 4.78 is 0. The van der Waals surface area contributed by atoms with Gasteiger partial charge in [0.15, 0.2) is 0 Å².